The van der Waals surface area contributed by atoms with E-state index in [0.717, 1.165) is 49.1 Å². The molecular formula is C18H20N4OS. The van der Waals surface area contributed by atoms with E-state index in [-0.39, 0.29) is 5.91 Å². The Morgan fingerprint density at radius 3 is 2.62 bits per heavy atom. The third-order valence-electron chi connectivity index (χ3n) is 4.53. The van der Waals surface area contributed by atoms with E-state index >= 15 is 0 Å². The number of thiophene rings is 1. The molecule has 0 bridgehead atoms. The molecule has 4 rings (SSSR count). The summed E-state index contributed by atoms with van der Waals surface area (Å²) >= 11 is 1.51. The van der Waals surface area contributed by atoms with E-state index in [9.17, 15) is 4.79 Å². The molecule has 0 saturated carbocycles. The first-order chi connectivity index (χ1) is 11.8. The number of rotatable bonds is 3. The van der Waals surface area contributed by atoms with Gasteiger partial charge in [0.25, 0.3) is 5.91 Å². The number of aryl methyl sites for hydroxylation is 1. The van der Waals surface area contributed by atoms with Gasteiger partial charge >= 0.3 is 0 Å². The Balaban J connectivity index is 1.53. The van der Waals surface area contributed by atoms with Crippen LogP contribution in [0.1, 0.15) is 16.6 Å². The molecule has 1 amide bonds. The van der Waals surface area contributed by atoms with Gasteiger partial charge in [0.1, 0.15) is 0 Å². The highest BCUT2D eigenvalue weighted by molar-refractivity contribution is 7.12. The molecule has 0 spiro atoms. The van der Waals surface area contributed by atoms with Crippen molar-refractivity contribution in [2.45, 2.75) is 13.5 Å². The Labute approximate surface area is 145 Å². The van der Waals surface area contributed by atoms with E-state index in [4.69, 9.17) is 4.98 Å². The van der Waals surface area contributed by atoms with Crippen LogP contribution in [0.3, 0.4) is 0 Å². The Bertz CT molecular complexity index is 847. The molecule has 124 valence electrons. The van der Waals surface area contributed by atoms with Gasteiger partial charge in [-0.25, -0.2) is 4.98 Å². The molecule has 0 N–H and O–H groups in total. The van der Waals surface area contributed by atoms with Crippen molar-refractivity contribution >= 4 is 34.2 Å². The molecule has 3 heterocycles. The van der Waals surface area contributed by atoms with Gasteiger partial charge in [-0.15, -0.1) is 11.3 Å². The number of carbonyl (C=O) groups is 1. The average Bonchev–Trinajstić information content (AvgIpc) is 3.28. The molecule has 1 saturated heterocycles. The van der Waals surface area contributed by atoms with Crippen molar-refractivity contribution in [3.8, 4) is 0 Å². The molecule has 5 nitrogen and oxygen atoms in total. The van der Waals surface area contributed by atoms with Crippen LogP contribution in [0.15, 0.2) is 41.8 Å². The number of fused-ring (bicyclic) bond motifs is 1. The van der Waals surface area contributed by atoms with Gasteiger partial charge in [0.05, 0.1) is 15.9 Å². The highest BCUT2D eigenvalue weighted by atomic mass is 32.1. The van der Waals surface area contributed by atoms with Crippen molar-refractivity contribution in [1.29, 1.82) is 0 Å². The summed E-state index contributed by atoms with van der Waals surface area (Å²) in [6.07, 6.45) is 0. The second kappa shape index (κ2) is 6.28. The summed E-state index contributed by atoms with van der Waals surface area (Å²) in [5, 5.41) is 1.95. The molecule has 1 aliphatic heterocycles. The zero-order chi connectivity index (χ0) is 16.5. The van der Waals surface area contributed by atoms with E-state index < -0.39 is 0 Å². The predicted molar refractivity (Wildman–Crippen MR) is 97.8 cm³/mol. The molecule has 6 heteroatoms. The summed E-state index contributed by atoms with van der Waals surface area (Å²) in [6, 6.07) is 12.1. The maximum absolute atomic E-state index is 12.5. The van der Waals surface area contributed by atoms with E-state index in [1.165, 1.54) is 16.9 Å². The molecule has 1 fully saturated rings. The summed E-state index contributed by atoms with van der Waals surface area (Å²) in [5.41, 5.74) is 2.21. The number of hydrogen-bond donors (Lipinski definition) is 0. The van der Waals surface area contributed by atoms with Crippen LogP contribution in [-0.2, 0) is 6.54 Å². The zero-order valence-corrected chi connectivity index (χ0v) is 14.5. The first-order valence-corrected chi connectivity index (χ1v) is 9.19. The van der Waals surface area contributed by atoms with Gasteiger partial charge in [-0.05, 0) is 30.5 Å². The van der Waals surface area contributed by atoms with Crippen molar-refractivity contribution in [3.05, 3.63) is 46.7 Å². The second-order valence-electron chi connectivity index (χ2n) is 5.90. The standard InChI is InChI=1S/C18H20N4OS/c1-2-22-15-7-4-3-6-14(15)19-18(22)21-11-9-20(10-12-21)17(23)16-8-5-13-24-16/h3-8,13H,2,9-12H2,1H3. The summed E-state index contributed by atoms with van der Waals surface area (Å²) in [7, 11) is 0. The predicted octanol–water partition coefficient (Wildman–Crippen LogP) is 3.08. The van der Waals surface area contributed by atoms with Gasteiger partial charge in [0.2, 0.25) is 5.95 Å². The SMILES string of the molecule is CCn1c(N2CCN(C(=O)c3cccs3)CC2)nc2ccccc21. The number of amides is 1. The monoisotopic (exact) mass is 340 g/mol. The Morgan fingerprint density at radius 1 is 1.12 bits per heavy atom. The lowest BCUT2D eigenvalue weighted by molar-refractivity contribution is 0.0751. The van der Waals surface area contributed by atoms with E-state index in [2.05, 4.69) is 34.6 Å². The van der Waals surface area contributed by atoms with E-state index in [0.29, 0.717) is 0 Å². The minimum Gasteiger partial charge on any atom is -0.339 e. The lowest BCUT2D eigenvalue weighted by atomic mass is 10.3. The largest absolute Gasteiger partial charge is 0.339 e. The highest BCUT2D eigenvalue weighted by Crippen LogP contribution is 2.24. The lowest BCUT2D eigenvalue weighted by Gasteiger charge is -2.35. The van der Waals surface area contributed by atoms with Crippen molar-refractivity contribution in [3.63, 3.8) is 0 Å². The fraction of sp³-hybridized carbons (Fsp3) is 0.333. The average molecular weight is 340 g/mol. The number of aromatic nitrogens is 2. The minimum absolute atomic E-state index is 0.147. The highest BCUT2D eigenvalue weighted by Gasteiger charge is 2.25. The third kappa shape index (κ3) is 2.57. The summed E-state index contributed by atoms with van der Waals surface area (Å²) in [6.45, 7) is 6.16. The zero-order valence-electron chi connectivity index (χ0n) is 13.7. The Hall–Kier alpha value is -2.34. The fourth-order valence-corrected chi connectivity index (χ4v) is 3.97. The maximum Gasteiger partial charge on any atom is 0.264 e. The number of para-hydroxylation sites is 2. The molecule has 1 aliphatic rings. The topological polar surface area (TPSA) is 41.4 Å². The molecule has 0 radical (unpaired) electrons. The van der Waals surface area contributed by atoms with Crippen LogP contribution in [0, 0.1) is 0 Å². The van der Waals surface area contributed by atoms with Gasteiger partial charge in [-0.1, -0.05) is 18.2 Å². The van der Waals surface area contributed by atoms with Crippen LogP contribution in [0.25, 0.3) is 11.0 Å². The normalized spacial score (nSPS) is 15.2. The molecule has 0 aliphatic carbocycles. The van der Waals surface area contributed by atoms with Gasteiger partial charge in [-0.2, -0.15) is 0 Å². The van der Waals surface area contributed by atoms with Gasteiger partial charge < -0.3 is 14.4 Å². The molecule has 2 aromatic heterocycles. The van der Waals surface area contributed by atoms with Crippen LogP contribution in [0.5, 0.6) is 0 Å². The quantitative estimate of drug-likeness (QED) is 0.736. The molecule has 0 unspecified atom stereocenters. The summed E-state index contributed by atoms with van der Waals surface area (Å²) in [5.74, 6) is 1.16. The van der Waals surface area contributed by atoms with Crippen molar-refractivity contribution in [1.82, 2.24) is 14.5 Å². The first kappa shape index (κ1) is 15.2. The molecule has 0 atom stereocenters. The van der Waals surface area contributed by atoms with Crippen molar-refractivity contribution in [2.24, 2.45) is 0 Å². The molecule has 24 heavy (non-hydrogen) atoms. The number of piperazine rings is 1. The van der Waals surface area contributed by atoms with Crippen LogP contribution in [0.2, 0.25) is 0 Å². The number of imidazole rings is 1. The third-order valence-corrected chi connectivity index (χ3v) is 5.39. The Morgan fingerprint density at radius 2 is 1.92 bits per heavy atom. The van der Waals surface area contributed by atoms with Crippen LogP contribution in [0.4, 0.5) is 5.95 Å². The van der Waals surface area contributed by atoms with Gasteiger partial charge in [0, 0.05) is 32.7 Å². The number of hydrogen-bond acceptors (Lipinski definition) is 4. The summed E-state index contributed by atoms with van der Waals surface area (Å²) < 4.78 is 2.26. The van der Waals surface area contributed by atoms with Crippen LogP contribution >= 0.6 is 11.3 Å². The first-order valence-electron chi connectivity index (χ1n) is 8.31. The van der Waals surface area contributed by atoms with Crippen molar-refractivity contribution in [2.75, 3.05) is 31.1 Å². The van der Waals surface area contributed by atoms with Gasteiger partial charge in [0.15, 0.2) is 0 Å². The second-order valence-corrected chi connectivity index (χ2v) is 6.85. The molecular weight excluding hydrogens is 320 g/mol. The summed E-state index contributed by atoms with van der Waals surface area (Å²) in [4.78, 5) is 22.3. The maximum atomic E-state index is 12.5. The number of carbonyl (C=O) groups excluding carboxylic acids is 1. The van der Waals surface area contributed by atoms with Crippen molar-refractivity contribution < 1.29 is 4.79 Å². The number of nitrogens with zero attached hydrogens (tertiary/aromatic N) is 4. The molecule has 1 aromatic carbocycles. The number of benzene rings is 1. The van der Waals surface area contributed by atoms with Crippen LogP contribution < -0.4 is 4.90 Å². The van der Waals surface area contributed by atoms with Gasteiger partial charge in [-0.3, -0.25) is 4.79 Å². The Kier molecular flexibility index (Phi) is 3.98. The molecule has 3 aromatic rings. The smallest absolute Gasteiger partial charge is 0.264 e. The fourth-order valence-electron chi connectivity index (χ4n) is 3.28. The van der Waals surface area contributed by atoms with E-state index in [1.807, 2.05) is 28.5 Å². The van der Waals surface area contributed by atoms with E-state index in [1.54, 1.807) is 0 Å². The minimum atomic E-state index is 0.147. The lowest BCUT2D eigenvalue weighted by Crippen LogP contribution is -2.49. The van der Waals surface area contributed by atoms with Crippen LogP contribution in [-0.4, -0.2) is 46.5 Å². The number of anilines is 1.